The monoisotopic (exact) mass is 234 g/mol. The minimum Gasteiger partial charge on any atom is -0.478 e. The summed E-state index contributed by atoms with van der Waals surface area (Å²) in [6, 6.07) is 4.98. The summed E-state index contributed by atoms with van der Waals surface area (Å²) < 4.78 is 0. The lowest BCUT2D eigenvalue weighted by atomic mass is 10.0. The fourth-order valence-electron chi connectivity index (χ4n) is 2.32. The summed E-state index contributed by atoms with van der Waals surface area (Å²) in [5.41, 5.74) is 7.43. The molecule has 17 heavy (non-hydrogen) atoms. The minimum absolute atomic E-state index is 0.334. The summed E-state index contributed by atoms with van der Waals surface area (Å²) in [4.78, 5) is 13.3. The molecule has 3 N–H and O–H groups in total. The van der Waals surface area contributed by atoms with Crippen molar-refractivity contribution in [3.05, 3.63) is 23.8 Å². The first-order valence-electron chi connectivity index (χ1n) is 5.87. The lowest BCUT2D eigenvalue weighted by Gasteiger charge is -2.21. The van der Waals surface area contributed by atoms with Gasteiger partial charge in [0.2, 0.25) is 0 Å². The molecule has 0 aliphatic carbocycles. The molecular formula is C13H18N2O2. The van der Waals surface area contributed by atoms with Gasteiger partial charge in [0.15, 0.2) is 0 Å². The van der Waals surface area contributed by atoms with Crippen LogP contribution in [0.25, 0.3) is 0 Å². The Morgan fingerprint density at radius 3 is 2.47 bits per heavy atom. The summed E-state index contributed by atoms with van der Waals surface area (Å²) in [6.45, 7) is 6.17. The Labute approximate surface area is 101 Å². The van der Waals surface area contributed by atoms with Crippen LogP contribution >= 0.6 is 0 Å². The van der Waals surface area contributed by atoms with Crippen LogP contribution in [0.2, 0.25) is 0 Å². The van der Waals surface area contributed by atoms with Crippen LogP contribution in [0.1, 0.15) is 24.2 Å². The van der Waals surface area contributed by atoms with E-state index < -0.39 is 5.97 Å². The summed E-state index contributed by atoms with van der Waals surface area (Å²) in [5, 5.41) is 9.18. The Bertz CT molecular complexity index is 435. The quantitative estimate of drug-likeness (QED) is 0.769. The third-order valence-corrected chi connectivity index (χ3v) is 3.58. The van der Waals surface area contributed by atoms with E-state index in [1.165, 1.54) is 0 Å². The molecule has 0 saturated carbocycles. The number of carbonyl (C=O) groups is 1. The normalized spacial score (nSPS) is 24.0. The summed E-state index contributed by atoms with van der Waals surface area (Å²) in [6.07, 6.45) is 0. The molecule has 1 aromatic carbocycles. The van der Waals surface area contributed by atoms with Crippen molar-refractivity contribution in [3.8, 4) is 0 Å². The molecule has 2 atom stereocenters. The van der Waals surface area contributed by atoms with E-state index in [1.54, 1.807) is 18.2 Å². The predicted molar refractivity (Wildman–Crippen MR) is 68.4 cm³/mol. The van der Waals surface area contributed by atoms with Crippen LogP contribution in [0.4, 0.5) is 11.4 Å². The first kappa shape index (κ1) is 11.8. The van der Waals surface area contributed by atoms with E-state index in [1.807, 2.05) is 0 Å². The van der Waals surface area contributed by atoms with Gasteiger partial charge < -0.3 is 15.7 Å². The number of nitrogens with zero attached hydrogens (tertiary/aromatic N) is 1. The van der Waals surface area contributed by atoms with Crippen LogP contribution in [0.5, 0.6) is 0 Å². The number of carboxylic acids is 1. The van der Waals surface area contributed by atoms with E-state index in [0.717, 1.165) is 18.8 Å². The van der Waals surface area contributed by atoms with E-state index in [-0.39, 0.29) is 0 Å². The maximum absolute atomic E-state index is 11.2. The van der Waals surface area contributed by atoms with Crippen molar-refractivity contribution >= 4 is 17.3 Å². The van der Waals surface area contributed by atoms with Crippen LogP contribution in [-0.4, -0.2) is 24.2 Å². The highest BCUT2D eigenvalue weighted by atomic mass is 16.4. The molecule has 0 bridgehead atoms. The highest BCUT2D eigenvalue weighted by Crippen LogP contribution is 2.31. The first-order chi connectivity index (χ1) is 7.99. The highest BCUT2D eigenvalue weighted by Gasteiger charge is 2.28. The third-order valence-electron chi connectivity index (χ3n) is 3.58. The number of aromatic carboxylic acids is 1. The van der Waals surface area contributed by atoms with Crippen molar-refractivity contribution in [1.82, 2.24) is 0 Å². The highest BCUT2D eigenvalue weighted by molar-refractivity contribution is 5.95. The predicted octanol–water partition coefficient (Wildman–Crippen LogP) is 2.06. The van der Waals surface area contributed by atoms with Gasteiger partial charge in [-0.2, -0.15) is 0 Å². The number of rotatable bonds is 2. The molecule has 4 heteroatoms. The Hall–Kier alpha value is -1.71. The van der Waals surface area contributed by atoms with Crippen molar-refractivity contribution < 1.29 is 9.90 Å². The molecule has 1 aromatic rings. The van der Waals surface area contributed by atoms with Gasteiger partial charge in [-0.25, -0.2) is 4.79 Å². The molecule has 1 heterocycles. The molecule has 0 amide bonds. The van der Waals surface area contributed by atoms with E-state index in [9.17, 15) is 9.90 Å². The number of anilines is 2. The van der Waals surface area contributed by atoms with Gasteiger partial charge in [0.25, 0.3) is 0 Å². The molecule has 0 spiro atoms. The zero-order valence-corrected chi connectivity index (χ0v) is 10.2. The Morgan fingerprint density at radius 2 is 1.94 bits per heavy atom. The second-order valence-corrected chi connectivity index (χ2v) is 4.94. The molecule has 0 aromatic heterocycles. The molecule has 2 unspecified atom stereocenters. The van der Waals surface area contributed by atoms with Crippen LogP contribution in [0.15, 0.2) is 18.2 Å². The fraction of sp³-hybridized carbons (Fsp3) is 0.462. The number of nitrogen functional groups attached to an aromatic ring is 1. The number of hydrogen-bond donors (Lipinski definition) is 2. The minimum atomic E-state index is -0.896. The smallest absolute Gasteiger partial charge is 0.337 e. The zero-order valence-electron chi connectivity index (χ0n) is 10.2. The van der Waals surface area contributed by atoms with E-state index >= 15 is 0 Å². The lowest BCUT2D eigenvalue weighted by molar-refractivity contribution is 0.0697. The number of nitrogens with two attached hydrogens (primary N) is 1. The Kier molecular flexibility index (Phi) is 2.96. The van der Waals surface area contributed by atoms with Gasteiger partial charge in [0.05, 0.1) is 11.3 Å². The van der Waals surface area contributed by atoms with Crippen LogP contribution in [0, 0.1) is 11.8 Å². The first-order valence-corrected chi connectivity index (χ1v) is 5.87. The Morgan fingerprint density at radius 1 is 1.35 bits per heavy atom. The zero-order chi connectivity index (χ0) is 12.6. The molecule has 1 aliphatic heterocycles. The fourth-order valence-corrected chi connectivity index (χ4v) is 2.32. The number of carboxylic acid groups (broad SMARTS) is 1. The van der Waals surface area contributed by atoms with Crippen molar-refractivity contribution in [2.75, 3.05) is 23.7 Å². The molecule has 1 aliphatic rings. The van der Waals surface area contributed by atoms with Gasteiger partial charge in [-0.1, -0.05) is 13.8 Å². The SMILES string of the molecule is CC1CN(c2cc(N)ccc2C(=O)O)CC1C. The van der Waals surface area contributed by atoms with Crippen LogP contribution < -0.4 is 10.6 Å². The van der Waals surface area contributed by atoms with Gasteiger partial charge in [-0.15, -0.1) is 0 Å². The summed E-state index contributed by atoms with van der Waals surface area (Å²) in [5.74, 6) is 0.267. The van der Waals surface area contributed by atoms with Gasteiger partial charge >= 0.3 is 5.97 Å². The number of hydrogen-bond acceptors (Lipinski definition) is 3. The topological polar surface area (TPSA) is 66.6 Å². The third kappa shape index (κ3) is 2.20. The van der Waals surface area contributed by atoms with Crippen molar-refractivity contribution in [1.29, 1.82) is 0 Å². The largest absolute Gasteiger partial charge is 0.478 e. The van der Waals surface area contributed by atoms with Gasteiger partial charge in [-0.05, 0) is 30.0 Å². The van der Waals surface area contributed by atoms with Crippen molar-refractivity contribution in [2.45, 2.75) is 13.8 Å². The molecule has 4 nitrogen and oxygen atoms in total. The second kappa shape index (κ2) is 4.28. The van der Waals surface area contributed by atoms with Gasteiger partial charge in [0.1, 0.15) is 0 Å². The summed E-state index contributed by atoms with van der Waals surface area (Å²) >= 11 is 0. The Balaban J connectivity index is 2.37. The van der Waals surface area contributed by atoms with Crippen LogP contribution in [-0.2, 0) is 0 Å². The molecule has 1 fully saturated rings. The average molecular weight is 234 g/mol. The van der Waals surface area contributed by atoms with Crippen LogP contribution in [0.3, 0.4) is 0 Å². The standard InChI is InChI=1S/C13H18N2O2/c1-8-6-15(7-9(8)2)12-5-10(14)3-4-11(12)13(16)17/h3-5,8-9H,6-7,14H2,1-2H3,(H,16,17). The van der Waals surface area contributed by atoms with Gasteiger partial charge in [0, 0.05) is 18.8 Å². The average Bonchev–Trinajstić information content (AvgIpc) is 2.58. The molecule has 92 valence electrons. The van der Waals surface area contributed by atoms with E-state index in [4.69, 9.17) is 5.73 Å². The lowest BCUT2D eigenvalue weighted by Crippen LogP contribution is -2.22. The van der Waals surface area contributed by atoms with E-state index in [0.29, 0.717) is 23.1 Å². The van der Waals surface area contributed by atoms with Crippen molar-refractivity contribution in [2.24, 2.45) is 11.8 Å². The van der Waals surface area contributed by atoms with Gasteiger partial charge in [-0.3, -0.25) is 0 Å². The molecule has 0 radical (unpaired) electrons. The second-order valence-electron chi connectivity index (χ2n) is 4.94. The number of benzene rings is 1. The molecule has 1 saturated heterocycles. The summed E-state index contributed by atoms with van der Waals surface area (Å²) in [7, 11) is 0. The van der Waals surface area contributed by atoms with E-state index in [2.05, 4.69) is 18.7 Å². The maximum atomic E-state index is 11.2. The molecule has 2 rings (SSSR count). The maximum Gasteiger partial charge on any atom is 0.337 e. The van der Waals surface area contributed by atoms with Crippen molar-refractivity contribution in [3.63, 3.8) is 0 Å². The molecular weight excluding hydrogens is 216 g/mol.